The minimum absolute atomic E-state index is 0.166. The Bertz CT molecular complexity index is 777. The van der Waals surface area contributed by atoms with Crippen LogP contribution in [0.3, 0.4) is 0 Å². The third-order valence-electron chi connectivity index (χ3n) is 2.78. The van der Waals surface area contributed by atoms with Gasteiger partial charge in [0.15, 0.2) is 5.82 Å². The van der Waals surface area contributed by atoms with Crippen LogP contribution in [0.1, 0.15) is 10.5 Å². The van der Waals surface area contributed by atoms with E-state index in [2.05, 4.69) is 25.8 Å². The Kier molecular flexibility index (Phi) is 2.75. The van der Waals surface area contributed by atoms with E-state index in [-0.39, 0.29) is 17.3 Å². The van der Waals surface area contributed by atoms with Crippen LogP contribution < -0.4 is 16.6 Å². The van der Waals surface area contributed by atoms with Crippen LogP contribution in [-0.4, -0.2) is 20.9 Å². The highest BCUT2D eigenvalue weighted by Crippen LogP contribution is 2.20. The molecule has 0 atom stereocenters. The molecular formula is C12H11FN6O. The van der Waals surface area contributed by atoms with Gasteiger partial charge in [0.2, 0.25) is 0 Å². The number of hydrazine groups is 1. The van der Waals surface area contributed by atoms with Gasteiger partial charge in [0, 0.05) is 10.9 Å². The number of hydrogen-bond acceptors (Lipinski definition) is 4. The van der Waals surface area contributed by atoms with Crippen molar-refractivity contribution in [3.8, 4) is 0 Å². The molecule has 0 aliphatic carbocycles. The zero-order valence-corrected chi connectivity index (χ0v) is 10.2. The van der Waals surface area contributed by atoms with Gasteiger partial charge < -0.3 is 15.7 Å². The maximum atomic E-state index is 13.1. The number of nitrogens with zero attached hydrogens (tertiary/aromatic N) is 1. The Morgan fingerprint density at radius 3 is 2.95 bits per heavy atom. The van der Waals surface area contributed by atoms with Crippen molar-refractivity contribution >= 4 is 28.4 Å². The molecule has 0 aliphatic heterocycles. The van der Waals surface area contributed by atoms with Crippen LogP contribution in [-0.2, 0) is 0 Å². The van der Waals surface area contributed by atoms with E-state index in [0.29, 0.717) is 5.82 Å². The standard InChI is InChI=1S/C12H11FN6O/c13-7-1-2-8-6(3-7)4-9(17-8)18-19-12-10(11(14)20)15-5-16-12/h1-5,17-19H,(H2,14,20)(H,15,16). The van der Waals surface area contributed by atoms with Gasteiger partial charge in [0.05, 0.1) is 6.33 Å². The number of primary amides is 1. The number of nitrogens with one attached hydrogen (secondary N) is 4. The molecule has 102 valence electrons. The largest absolute Gasteiger partial charge is 0.364 e. The summed E-state index contributed by atoms with van der Waals surface area (Å²) >= 11 is 0. The molecule has 20 heavy (non-hydrogen) atoms. The van der Waals surface area contributed by atoms with Gasteiger partial charge in [-0.1, -0.05) is 0 Å². The van der Waals surface area contributed by atoms with Crippen LogP contribution in [0.15, 0.2) is 30.6 Å². The number of H-pyrrole nitrogens is 2. The van der Waals surface area contributed by atoms with E-state index >= 15 is 0 Å². The van der Waals surface area contributed by atoms with E-state index in [0.717, 1.165) is 10.9 Å². The molecule has 8 heteroatoms. The van der Waals surface area contributed by atoms with E-state index < -0.39 is 5.91 Å². The van der Waals surface area contributed by atoms with Crippen LogP contribution >= 0.6 is 0 Å². The minimum atomic E-state index is -0.620. The molecule has 2 heterocycles. The SMILES string of the molecule is NC(=O)c1[nH]cnc1NNc1cc2cc(F)ccc2[nH]1. The number of aromatic nitrogens is 3. The first kappa shape index (κ1) is 12.0. The highest BCUT2D eigenvalue weighted by atomic mass is 19.1. The summed E-state index contributed by atoms with van der Waals surface area (Å²) in [4.78, 5) is 20.7. The van der Waals surface area contributed by atoms with Gasteiger partial charge in [-0.05, 0) is 24.3 Å². The van der Waals surface area contributed by atoms with Gasteiger partial charge in [0.1, 0.15) is 17.3 Å². The number of carbonyl (C=O) groups is 1. The summed E-state index contributed by atoms with van der Waals surface area (Å²) in [6.07, 6.45) is 1.35. The van der Waals surface area contributed by atoms with Gasteiger partial charge in [-0.15, -0.1) is 0 Å². The quantitative estimate of drug-likeness (QED) is 0.465. The summed E-state index contributed by atoms with van der Waals surface area (Å²) < 4.78 is 13.1. The number of fused-ring (bicyclic) bond motifs is 1. The van der Waals surface area contributed by atoms with Crippen LogP contribution in [0.25, 0.3) is 10.9 Å². The smallest absolute Gasteiger partial charge is 0.269 e. The molecule has 1 aromatic carbocycles. The zero-order valence-electron chi connectivity index (χ0n) is 10.2. The van der Waals surface area contributed by atoms with Crippen LogP contribution in [0.4, 0.5) is 16.0 Å². The lowest BCUT2D eigenvalue weighted by Crippen LogP contribution is -2.17. The number of aromatic amines is 2. The van der Waals surface area contributed by atoms with E-state index in [9.17, 15) is 9.18 Å². The van der Waals surface area contributed by atoms with Crippen LogP contribution in [0, 0.1) is 5.82 Å². The predicted molar refractivity (Wildman–Crippen MR) is 72.6 cm³/mol. The Labute approximate surface area is 112 Å². The van der Waals surface area contributed by atoms with E-state index in [1.165, 1.54) is 18.5 Å². The van der Waals surface area contributed by atoms with Gasteiger partial charge in [-0.25, -0.2) is 9.37 Å². The highest BCUT2D eigenvalue weighted by molar-refractivity contribution is 5.95. The van der Waals surface area contributed by atoms with Gasteiger partial charge >= 0.3 is 0 Å². The second kappa shape index (κ2) is 4.57. The Morgan fingerprint density at radius 1 is 1.30 bits per heavy atom. The molecule has 0 radical (unpaired) electrons. The average Bonchev–Trinajstić information content (AvgIpc) is 3.01. The average molecular weight is 274 g/mol. The number of amides is 1. The van der Waals surface area contributed by atoms with Crippen molar-refractivity contribution in [2.45, 2.75) is 0 Å². The molecular weight excluding hydrogens is 263 g/mol. The molecule has 0 saturated carbocycles. The van der Waals surface area contributed by atoms with Crippen molar-refractivity contribution in [2.24, 2.45) is 5.73 Å². The van der Waals surface area contributed by atoms with Crippen molar-refractivity contribution < 1.29 is 9.18 Å². The fourth-order valence-corrected chi connectivity index (χ4v) is 1.87. The van der Waals surface area contributed by atoms with Crippen molar-refractivity contribution in [1.82, 2.24) is 15.0 Å². The second-order valence-electron chi connectivity index (χ2n) is 4.15. The molecule has 0 unspecified atom stereocenters. The lowest BCUT2D eigenvalue weighted by Gasteiger charge is -2.05. The number of halogens is 1. The first-order valence-electron chi connectivity index (χ1n) is 5.77. The number of benzene rings is 1. The minimum Gasteiger partial charge on any atom is -0.364 e. The Morgan fingerprint density at radius 2 is 2.15 bits per heavy atom. The molecule has 7 nitrogen and oxygen atoms in total. The molecule has 6 N–H and O–H groups in total. The monoisotopic (exact) mass is 274 g/mol. The van der Waals surface area contributed by atoms with Gasteiger partial charge in [0.25, 0.3) is 5.91 Å². The van der Waals surface area contributed by atoms with Crippen molar-refractivity contribution in [1.29, 1.82) is 0 Å². The van der Waals surface area contributed by atoms with Crippen molar-refractivity contribution in [3.05, 3.63) is 42.1 Å². The molecule has 0 aliphatic rings. The number of imidazole rings is 1. The predicted octanol–water partition coefficient (Wildman–Crippen LogP) is 1.57. The number of hydrogen-bond donors (Lipinski definition) is 5. The topological polar surface area (TPSA) is 112 Å². The van der Waals surface area contributed by atoms with Gasteiger partial charge in [-0.3, -0.25) is 15.6 Å². The fraction of sp³-hybridized carbons (Fsp3) is 0. The molecule has 1 amide bonds. The van der Waals surface area contributed by atoms with Crippen molar-refractivity contribution in [3.63, 3.8) is 0 Å². The number of nitrogens with two attached hydrogens (primary N) is 1. The second-order valence-corrected chi connectivity index (χ2v) is 4.15. The lowest BCUT2D eigenvalue weighted by molar-refractivity contribution is 0.0997. The molecule has 3 aromatic rings. The maximum absolute atomic E-state index is 13.1. The van der Waals surface area contributed by atoms with E-state index in [4.69, 9.17) is 5.73 Å². The Hall–Kier alpha value is -3.03. The Balaban J connectivity index is 1.79. The number of anilines is 2. The van der Waals surface area contributed by atoms with Gasteiger partial charge in [-0.2, -0.15) is 0 Å². The van der Waals surface area contributed by atoms with Crippen LogP contribution in [0.5, 0.6) is 0 Å². The summed E-state index contributed by atoms with van der Waals surface area (Å²) in [6.45, 7) is 0. The normalized spacial score (nSPS) is 10.7. The molecule has 0 spiro atoms. The summed E-state index contributed by atoms with van der Waals surface area (Å²) in [6, 6.07) is 6.15. The van der Waals surface area contributed by atoms with E-state index in [1.807, 2.05) is 0 Å². The first-order chi connectivity index (χ1) is 9.63. The summed E-state index contributed by atoms with van der Waals surface area (Å²) in [5, 5.41) is 0.728. The molecule has 0 bridgehead atoms. The molecule has 0 saturated heterocycles. The molecule has 3 rings (SSSR count). The van der Waals surface area contributed by atoms with E-state index in [1.54, 1.807) is 12.1 Å². The zero-order chi connectivity index (χ0) is 14.1. The third-order valence-corrected chi connectivity index (χ3v) is 2.78. The molecule has 0 fully saturated rings. The highest BCUT2D eigenvalue weighted by Gasteiger charge is 2.10. The number of carbonyl (C=O) groups excluding carboxylic acids is 1. The number of rotatable bonds is 4. The van der Waals surface area contributed by atoms with Crippen molar-refractivity contribution in [2.75, 3.05) is 10.9 Å². The van der Waals surface area contributed by atoms with Crippen LogP contribution in [0.2, 0.25) is 0 Å². The maximum Gasteiger partial charge on any atom is 0.269 e. The lowest BCUT2D eigenvalue weighted by atomic mass is 10.2. The first-order valence-corrected chi connectivity index (χ1v) is 5.77. The summed E-state index contributed by atoms with van der Waals surface area (Å²) in [5.41, 5.74) is 11.7. The summed E-state index contributed by atoms with van der Waals surface area (Å²) in [5.74, 6) is -0.0452. The summed E-state index contributed by atoms with van der Waals surface area (Å²) in [7, 11) is 0. The fourth-order valence-electron chi connectivity index (χ4n) is 1.87. The third kappa shape index (κ3) is 2.14. The molecule has 2 aromatic heterocycles.